The highest BCUT2D eigenvalue weighted by atomic mass is 17.5. The average molecular weight is 551 g/mol. The van der Waals surface area contributed by atoms with Gasteiger partial charge in [0.15, 0.2) is 0 Å². The summed E-state index contributed by atoms with van der Waals surface area (Å²) in [5.74, 6) is 0.0514. The van der Waals surface area contributed by atoms with Gasteiger partial charge in [-0.2, -0.15) is 0 Å². The van der Waals surface area contributed by atoms with Crippen LogP contribution in [0.4, 0.5) is 5.69 Å². The maximum absolute atomic E-state index is 12.3. The number of nitrogens with zero attached hydrogens (tertiary/aromatic N) is 1. The van der Waals surface area contributed by atoms with E-state index < -0.39 is 18.0 Å². The molecule has 40 heavy (non-hydrogen) atoms. The molecule has 3 aromatic rings. The molecule has 0 amide bonds. The molecule has 3 rings (SSSR count). The molecule has 0 aliphatic carbocycles. The Morgan fingerprint density at radius 1 is 0.950 bits per heavy atom. The molecule has 0 radical (unpaired) electrons. The summed E-state index contributed by atoms with van der Waals surface area (Å²) in [6, 6.07) is 18.8. The molecule has 0 aromatic heterocycles. The van der Waals surface area contributed by atoms with Crippen LogP contribution < -0.4 is 10.1 Å². The summed E-state index contributed by atoms with van der Waals surface area (Å²) in [7, 11) is 0. The van der Waals surface area contributed by atoms with Crippen molar-refractivity contribution in [3.8, 4) is 17.2 Å². The Bertz CT molecular complexity index is 1270. The Labute approximate surface area is 235 Å². The van der Waals surface area contributed by atoms with E-state index in [2.05, 4.69) is 51.0 Å². The van der Waals surface area contributed by atoms with Crippen LogP contribution in [0.25, 0.3) is 0 Å². The van der Waals surface area contributed by atoms with E-state index in [0.717, 1.165) is 30.2 Å². The van der Waals surface area contributed by atoms with Crippen molar-refractivity contribution in [1.82, 2.24) is 4.90 Å². The van der Waals surface area contributed by atoms with E-state index in [1.807, 2.05) is 57.2 Å². The van der Waals surface area contributed by atoms with Crippen LogP contribution in [0.1, 0.15) is 56.4 Å². The van der Waals surface area contributed by atoms with E-state index in [0.29, 0.717) is 30.2 Å². The third-order valence-electron chi connectivity index (χ3n) is 6.36. The minimum Gasteiger partial charge on any atom is -0.508 e. The number of phenols is 1. The molecule has 214 valence electrons. The second-order valence-electron chi connectivity index (χ2n) is 9.97. The molecule has 0 aliphatic rings. The molecule has 0 bridgehead atoms. The van der Waals surface area contributed by atoms with E-state index in [9.17, 15) is 14.7 Å². The second kappa shape index (κ2) is 14.3. The minimum absolute atomic E-state index is 0.217. The van der Waals surface area contributed by atoms with Crippen LogP contribution in [-0.4, -0.2) is 34.0 Å². The van der Waals surface area contributed by atoms with Gasteiger partial charge < -0.3 is 15.2 Å². The lowest BCUT2D eigenvalue weighted by Crippen LogP contribution is -2.31. The first-order valence-corrected chi connectivity index (χ1v) is 13.3. The molecule has 2 N–H and O–H groups in total. The van der Waals surface area contributed by atoms with Crippen LogP contribution in [0.5, 0.6) is 17.2 Å². The molecule has 1 atom stereocenters. The zero-order valence-electron chi connectivity index (χ0n) is 23.9. The molecule has 0 heterocycles. The quantitative estimate of drug-likeness (QED) is 0.186. The summed E-state index contributed by atoms with van der Waals surface area (Å²) in [5, 5.41) is 17.9. The maximum atomic E-state index is 12.3. The number of phenolic OH excluding ortho intramolecular Hbond substituents is 1. The van der Waals surface area contributed by atoms with Gasteiger partial charge >= 0.3 is 11.9 Å². The largest absolute Gasteiger partial charge is 0.508 e. The predicted molar refractivity (Wildman–Crippen MR) is 152 cm³/mol. The average Bonchev–Trinajstić information content (AvgIpc) is 2.90. The molecule has 3 aromatic carbocycles. The van der Waals surface area contributed by atoms with Gasteiger partial charge in [-0.1, -0.05) is 37.3 Å². The number of aryl methyl sites for hydroxylation is 2. The third-order valence-corrected chi connectivity index (χ3v) is 6.36. The van der Waals surface area contributed by atoms with Crippen molar-refractivity contribution >= 4 is 17.6 Å². The standard InChI is InChI=1S/C31H38N2O7/c1-7-28(31(36)39-40-38-23(6)34)32-26-15-21(4)30(22(5)16-26)37-27-13-14-29(35)25(17-27)19-33(20(2)3)18-24-11-9-8-10-12-24/h8-17,20,28,32,35H,7,18-19H2,1-6H3. The monoisotopic (exact) mass is 550 g/mol. The maximum Gasteiger partial charge on any atom is 0.368 e. The fourth-order valence-corrected chi connectivity index (χ4v) is 4.21. The first-order valence-electron chi connectivity index (χ1n) is 13.3. The van der Waals surface area contributed by atoms with E-state index in [4.69, 9.17) is 4.74 Å². The van der Waals surface area contributed by atoms with Crippen molar-refractivity contribution in [3.05, 3.63) is 82.9 Å². The highest BCUT2D eigenvalue weighted by molar-refractivity contribution is 5.79. The molecular formula is C31H38N2O7. The molecule has 0 fully saturated rings. The van der Waals surface area contributed by atoms with E-state index in [1.165, 1.54) is 5.56 Å². The number of nitrogens with one attached hydrogen (secondary N) is 1. The third kappa shape index (κ3) is 8.72. The van der Waals surface area contributed by atoms with Gasteiger partial charge in [-0.05, 0) is 81.1 Å². The lowest BCUT2D eigenvalue weighted by molar-refractivity contribution is -0.459. The molecule has 9 nitrogen and oxygen atoms in total. The molecule has 9 heteroatoms. The van der Waals surface area contributed by atoms with E-state index in [1.54, 1.807) is 12.1 Å². The SMILES string of the molecule is CCC(Nc1cc(C)c(Oc2ccc(O)c(CN(Cc3ccccc3)C(C)C)c2)c(C)c1)C(=O)OOOC(C)=O. The fraction of sp³-hybridized carbons (Fsp3) is 0.355. The Morgan fingerprint density at radius 2 is 1.62 bits per heavy atom. The zero-order chi connectivity index (χ0) is 29.2. The van der Waals surface area contributed by atoms with Gasteiger partial charge in [-0.25, -0.2) is 9.59 Å². The molecule has 1 unspecified atom stereocenters. The van der Waals surface area contributed by atoms with Crippen LogP contribution in [-0.2, 0) is 37.5 Å². The van der Waals surface area contributed by atoms with Gasteiger partial charge in [0.25, 0.3) is 0 Å². The Hall–Kier alpha value is -4.08. The van der Waals surface area contributed by atoms with Crippen LogP contribution in [0.2, 0.25) is 0 Å². The lowest BCUT2D eigenvalue weighted by atomic mass is 10.1. The van der Waals surface area contributed by atoms with Crippen LogP contribution >= 0.6 is 0 Å². The Morgan fingerprint density at radius 3 is 2.23 bits per heavy atom. The first-order chi connectivity index (χ1) is 19.1. The van der Waals surface area contributed by atoms with Gasteiger partial charge in [-0.3, -0.25) is 14.7 Å². The van der Waals surface area contributed by atoms with Gasteiger partial charge in [0.1, 0.15) is 23.3 Å². The topological polar surface area (TPSA) is 107 Å². The van der Waals surface area contributed by atoms with Crippen molar-refractivity contribution in [3.63, 3.8) is 0 Å². The van der Waals surface area contributed by atoms with Crippen molar-refractivity contribution < 1.29 is 34.2 Å². The molecule has 0 spiro atoms. The van der Waals surface area contributed by atoms with Crippen LogP contribution in [0, 0.1) is 13.8 Å². The summed E-state index contributed by atoms with van der Waals surface area (Å²) >= 11 is 0. The van der Waals surface area contributed by atoms with Gasteiger partial charge in [0.2, 0.25) is 0 Å². The summed E-state index contributed by atoms with van der Waals surface area (Å²) in [6.07, 6.45) is 0.409. The van der Waals surface area contributed by atoms with Crippen LogP contribution in [0.15, 0.2) is 60.7 Å². The summed E-state index contributed by atoms with van der Waals surface area (Å²) in [5.41, 5.74) is 4.38. The normalized spacial score (nSPS) is 11.8. The molecule has 0 saturated carbocycles. The number of hydrogen-bond acceptors (Lipinski definition) is 9. The summed E-state index contributed by atoms with van der Waals surface area (Å²) in [4.78, 5) is 34.1. The number of carbonyl (C=O) groups excluding carboxylic acids is 2. The zero-order valence-corrected chi connectivity index (χ0v) is 23.9. The number of hydrogen-bond donors (Lipinski definition) is 2. The van der Waals surface area contributed by atoms with E-state index in [-0.39, 0.29) is 11.8 Å². The van der Waals surface area contributed by atoms with Crippen molar-refractivity contribution in [2.75, 3.05) is 5.32 Å². The molecule has 0 aliphatic heterocycles. The fourth-order valence-electron chi connectivity index (χ4n) is 4.21. The van der Waals surface area contributed by atoms with Gasteiger partial charge in [-0.15, -0.1) is 0 Å². The number of rotatable bonds is 13. The van der Waals surface area contributed by atoms with Gasteiger partial charge in [0.05, 0.1) is 0 Å². The number of benzene rings is 3. The van der Waals surface area contributed by atoms with E-state index >= 15 is 0 Å². The predicted octanol–water partition coefficient (Wildman–Crippen LogP) is 6.36. The highest BCUT2D eigenvalue weighted by Gasteiger charge is 2.21. The lowest BCUT2D eigenvalue weighted by Gasteiger charge is -2.27. The smallest absolute Gasteiger partial charge is 0.368 e. The van der Waals surface area contributed by atoms with Gasteiger partial charge in [0, 0.05) is 42.3 Å². The first kappa shape index (κ1) is 30.5. The summed E-state index contributed by atoms with van der Waals surface area (Å²) < 4.78 is 6.29. The number of anilines is 1. The Kier molecular flexibility index (Phi) is 10.9. The minimum atomic E-state index is -0.735. The second-order valence-corrected chi connectivity index (χ2v) is 9.97. The van der Waals surface area contributed by atoms with Crippen molar-refractivity contribution in [2.45, 2.75) is 73.1 Å². The number of ether oxygens (including phenoxy) is 1. The Balaban J connectivity index is 1.73. The number of aromatic hydroxyl groups is 1. The van der Waals surface area contributed by atoms with Crippen molar-refractivity contribution in [2.24, 2.45) is 0 Å². The molecular weight excluding hydrogens is 512 g/mol. The summed E-state index contributed by atoms with van der Waals surface area (Å²) in [6.45, 7) is 12.4. The van der Waals surface area contributed by atoms with Crippen LogP contribution in [0.3, 0.4) is 0 Å². The molecule has 0 saturated heterocycles. The highest BCUT2D eigenvalue weighted by Crippen LogP contribution is 2.34. The van der Waals surface area contributed by atoms with Crippen molar-refractivity contribution in [1.29, 1.82) is 0 Å². The number of carbonyl (C=O) groups is 2.